The predicted octanol–water partition coefficient (Wildman–Crippen LogP) is 4.07. The molecule has 0 atom stereocenters. The lowest BCUT2D eigenvalue weighted by Crippen LogP contribution is -2.23. The molecule has 0 radical (unpaired) electrons. The number of carbonyl (C=O) groups is 1. The molecular formula is C17H13F6NO5S. The van der Waals surface area contributed by atoms with Crippen molar-refractivity contribution in [1.82, 2.24) is 0 Å². The van der Waals surface area contributed by atoms with Crippen molar-refractivity contribution in [2.45, 2.75) is 23.2 Å². The molecule has 0 bridgehead atoms. The Morgan fingerprint density at radius 2 is 1.60 bits per heavy atom. The van der Waals surface area contributed by atoms with Crippen LogP contribution in [0.5, 0.6) is 11.5 Å². The molecule has 1 amide bonds. The van der Waals surface area contributed by atoms with Gasteiger partial charge < -0.3 is 14.8 Å². The van der Waals surface area contributed by atoms with Gasteiger partial charge in [0.15, 0.2) is 0 Å². The van der Waals surface area contributed by atoms with Crippen molar-refractivity contribution in [2.75, 3.05) is 12.4 Å². The van der Waals surface area contributed by atoms with Gasteiger partial charge in [0.25, 0.3) is 9.84 Å². The maximum absolute atomic E-state index is 12.7. The number of hydrogen-bond acceptors (Lipinski definition) is 5. The molecule has 0 aliphatic carbocycles. The Balaban J connectivity index is 2.19. The van der Waals surface area contributed by atoms with E-state index in [1.165, 1.54) is 12.1 Å². The number of carbonyl (C=O) groups excluding carboxylic acids is 1. The number of nitrogens with one attached hydrogen (secondary N) is 1. The third kappa shape index (κ3) is 5.78. The molecule has 0 unspecified atom stereocenters. The van der Waals surface area contributed by atoms with Crippen LogP contribution in [0.25, 0.3) is 0 Å². The van der Waals surface area contributed by atoms with Gasteiger partial charge in [-0.1, -0.05) is 12.1 Å². The van der Waals surface area contributed by atoms with E-state index < -0.39 is 38.3 Å². The number of alkyl halides is 6. The van der Waals surface area contributed by atoms with Crippen LogP contribution in [0, 0.1) is 0 Å². The molecule has 0 fully saturated rings. The highest BCUT2D eigenvalue weighted by Crippen LogP contribution is 2.34. The van der Waals surface area contributed by atoms with Crippen molar-refractivity contribution in [3.63, 3.8) is 0 Å². The average Bonchev–Trinajstić information content (AvgIpc) is 2.61. The molecule has 0 spiro atoms. The third-order valence-corrected chi connectivity index (χ3v) is 5.07. The molecule has 0 aliphatic rings. The standard InChI is InChI=1S/C17H13F6NO5S/c1-28-14-7-6-12(30(26,27)17(21,22)23)9-13(14)24-15(25)8-10-2-4-11(5-3-10)29-16(18,19)20/h2-7,9H,8H2,1H3,(H,24,25). The van der Waals surface area contributed by atoms with E-state index in [0.717, 1.165) is 25.3 Å². The number of hydrogen-bond donors (Lipinski definition) is 1. The Kier molecular flexibility index (Phi) is 6.54. The summed E-state index contributed by atoms with van der Waals surface area (Å²) < 4.78 is 106. The summed E-state index contributed by atoms with van der Waals surface area (Å²) >= 11 is 0. The van der Waals surface area contributed by atoms with E-state index in [2.05, 4.69) is 10.1 Å². The van der Waals surface area contributed by atoms with Gasteiger partial charge >= 0.3 is 11.9 Å². The summed E-state index contributed by atoms with van der Waals surface area (Å²) in [6.07, 6.45) is -5.25. The predicted molar refractivity (Wildman–Crippen MR) is 91.7 cm³/mol. The smallest absolute Gasteiger partial charge is 0.495 e. The lowest BCUT2D eigenvalue weighted by atomic mass is 10.1. The maximum Gasteiger partial charge on any atom is 0.573 e. The summed E-state index contributed by atoms with van der Waals surface area (Å²) in [4.78, 5) is 11.1. The van der Waals surface area contributed by atoms with Crippen LogP contribution in [0.2, 0.25) is 0 Å². The van der Waals surface area contributed by atoms with Crippen molar-refractivity contribution >= 4 is 21.4 Å². The molecule has 0 saturated heterocycles. The minimum Gasteiger partial charge on any atom is -0.495 e. The average molecular weight is 457 g/mol. The van der Waals surface area contributed by atoms with E-state index in [1.807, 2.05) is 0 Å². The molecule has 6 nitrogen and oxygen atoms in total. The van der Waals surface area contributed by atoms with Crippen LogP contribution in [-0.2, 0) is 21.1 Å². The number of halogens is 6. The maximum atomic E-state index is 12.7. The summed E-state index contributed by atoms with van der Waals surface area (Å²) in [5.74, 6) is -1.38. The SMILES string of the molecule is COc1ccc(S(=O)(=O)C(F)(F)F)cc1NC(=O)Cc1ccc(OC(F)(F)F)cc1. The Hall–Kier alpha value is -2.96. The minimum absolute atomic E-state index is 0.0987. The van der Waals surface area contributed by atoms with Crippen LogP contribution in [-0.4, -0.2) is 33.3 Å². The first-order chi connectivity index (χ1) is 13.7. The molecule has 2 rings (SSSR count). The molecule has 2 aromatic carbocycles. The normalized spacial score (nSPS) is 12.4. The topological polar surface area (TPSA) is 81.7 Å². The number of sulfone groups is 1. The molecule has 0 aliphatic heterocycles. The van der Waals surface area contributed by atoms with Crippen molar-refractivity contribution in [2.24, 2.45) is 0 Å². The molecule has 13 heteroatoms. The molecule has 0 heterocycles. The summed E-state index contributed by atoms with van der Waals surface area (Å²) in [7, 11) is -4.50. The molecular weight excluding hydrogens is 444 g/mol. The summed E-state index contributed by atoms with van der Waals surface area (Å²) in [5.41, 5.74) is -5.60. The minimum atomic E-state index is -5.65. The first-order valence-electron chi connectivity index (χ1n) is 7.87. The van der Waals surface area contributed by atoms with Crippen molar-refractivity contribution in [3.8, 4) is 11.5 Å². The highest BCUT2D eigenvalue weighted by atomic mass is 32.2. The molecule has 0 aromatic heterocycles. The number of amides is 1. The number of anilines is 1. The second kappa shape index (κ2) is 8.42. The second-order valence-corrected chi connectivity index (χ2v) is 7.67. The second-order valence-electron chi connectivity index (χ2n) is 5.73. The van der Waals surface area contributed by atoms with E-state index >= 15 is 0 Å². The van der Waals surface area contributed by atoms with Crippen molar-refractivity contribution in [1.29, 1.82) is 0 Å². The van der Waals surface area contributed by atoms with E-state index in [0.29, 0.717) is 12.1 Å². The zero-order chi connectivity index (χ0) is 22.7. The monoisotopic (exact) mass is 457 g/mol. The van der Waals surface area contributed by atoms with Crippen molar-refractivity contribution < 1.29 is 49.0 Å². The first kappa shape index (κ1) is 23.3. The third-order valence-electron chi connectivity index (χ3n) is 3.58. The quantitative estimate of drug-likeness (QED) is 0.662. The van der Waals surface area contributed by atoms with Gasteiger partial charge in [0.1, 0.15) is 11.5 Å². The van der Waals surface area contributed by atoms with E-state index in [1.54, 1.807) is 0 Å². The fourth-order valence-electron chi connectivity index (χ4n) is 2.27. The summed E-state index contributed by atoms with van der Waals surface area (Å²) in [6.45, 7) is 0. The lowest BCUT2D eigenvalue weighted by molar-refractivity contribution is -0.274. The fraction of sp³-hybridized carbons (Fsp3) is 0.235. The van der Waals surface area contributed by atoms with Crippen LogP contribution < -0.4 is 14.8 Å². The van der Waals surface area contributed by atoms with Gasteiger partial charge in [0.2, 0.25) is 5.91 Å². The van der Waals surface area contributed by atoms with Gasteiger partial charge in [-0.3, -0.25) is 4.79 Å². The van der Waals surface area contributed by atoms with E-state index in [4.69, 9.17) is 4.74 Å². The highest BCUT2D eigenvalue weighted by molar-refractivity contribution is 7.92. The zero-order valence-corrected chi connectivity index (χ0v) is 15.8. The van der Waals surface area contributed by atoms with Gasteiger partial charge in [-0.2, -0.15) is 13.2 Å². The van der Waals surface area contributed by atoms with Gasteiger partial charge in [0.05, 0.1) is 24.1 Å². The van der Waals surface area contributed by atoms with Crippen LogP contribution in [0.15, 0.2) is 47.4 Å². The summed E-state index contributed by atoms with van der Waals surface area (Å²) in [6, 6.07) is 6.54. The van der Waals surface area contributed by atoms with Crippen LogP contribution in [0.4, 0.5) is 32.0 Å². The van der Waals surface area contributed by atoms with E-state index in [-0.39, 0.29) is 23.4 Å². The Bertz CT molecular complexity index is 1020. The van der Waals surface area contributed by atoms with Crippen LogP contribution >= 0.6 is 0 Å². The molecule has 164 valence electrons. The van der Waals surface area contributed by atoms with E-state index in [9.17, 15) is 39.6 Å². The number of methoxy groups -OCH3 is 1. The van der Waals surface area contributed by atoms with Crippen LogP contribution in [0.3, 0.4) is 0 Å². The van der Waals surface area contributed by atoms with Gasteiger partial charge in [0, 0.05) is 0 Å². The number of benzene rings is 2. The summed E-state index contributed by atoms with van der Waals surface area (Å²) in [5, 5.41) is 2.22. The highest BCUT2D eigenvalue weighted by Gasteiger charge is 2.47. The largest absolute Gasteiger partial charge is 0.573 e. The lowest BCUT2D eigenvalue weighted by Gasteiger charge is -2.14. The Morgan fingerprint density at radius 3 is 2.10 bits per heavy atom. The molecule has 0 saturated carbocycles. The first-order valence-corrected chi connectivity index (χ1v) is 9.35. The van der Waals surface area contributed by atoms with Gasteiger partial charge in [-0.15, -0.1) is 13.2 Å². The Morgan fingerprint density at radius 1 is 1.00 bits per heavy atom. The zero-order valence-electron chi connectivity index (χ0n) is 15.0. The van der Waals surface area contributed by atoms with Gasteiger partial charge in [-0.05, 0) is 35.9 Å². The van der Waals surface area contributed by atoms with Crippen LogP contribution in [0.1, 0.15) is 5.56 Å². The number of rotatable bonds is 6. The molecule has 1 N–H and O–H groups in total. The fourth-order valence-corrected chi connectivity index (χ4v) is 3.06. The Labute approximate surface area is 166 Å². The number of ether oxygens (including phenoxy) is 2. The van der Waals surface area contributed by atoms with Gasteiger partial charge in [-0.25, -0.2) is 8.42 Å². The molecule has 2 aromatic rings. The van der Waals surface area contributed by atoms with Crippen molar-refractivity contribution in [3.05, 3.63) is 48.0 Å². The molecule has 30 heavy (non-hydrogen) atoms.